The van der Waals surface area contributed by atoms with Crippen LogP contribution in [0.3, 0.4) is 0 Å². The zero-order valence-corrected chi connectivity index (χ0v) is 10.8. The monoisotopic (exact) mass is 298 g/mol. The molecule has 4 nitrogen and oxygen atoms in total. The first-order chi connectivity index (χ1) is 8.13. The van der Waals surface area contributed by atoms with E-state index in [1.165, 1.54) is 0 Å². The second-order valence-corrected chi connectivity index (χ2v) is 4.54. The maximum atomic E-state index is 14.0. The molecule has 0 fully saturated rings. The molecule has 0 radical (unpaired) electrons. The van der Waals surface area contributed by atoms with Gasteiger partial charge in [-0.2, -0.15) is 5.10 Å². The van der Waals surface area contributed by atoms with Crippen LogP contribution in [-0.4, -0.2) is 9.78 Å². The van der Waals surface area contributed by atoms with Crippen molar-refractivity contribution in [2.75, 3.05) is 0 Å². The number of hydrogen-bond acceptors (Lipinski definition) is 3. The van der Waals surface area contributed by atoms with Crippen LogP contribution in [0.15, 0.2) is 35.1 Å². The summed E-state index contributed by atoms with van der Waals surface area (Å²) in [5.41, 5.74) is 3.90. The smallest absolute Gasteiger partial charge is 0.142 e. The van der Waals surface area contributed by atoms with Gasteiger partial charge in [0.15, 0.2) is 0 Å². The fraction of sp³-hybridized carbons (Fsp3) is 0.182. The molecule has 90 valence electrons. The third kappa shape index (κ3) is 2.38. The lowest BCUT2D eigenvalue weighted by molar-refractivity contribution is 0.555. The van der Waals surface area contributed by atoms with E-state index >= 15 is 0 Å². The first-order valence-corrected chi connectivity index (χ1v) is 5.81. The summed E-state index contributed by atoms with van der Waals surface area (Å²) in [5, 5.41) is 4.05. The normalized spacial score (nSPS) is 12.7. The number of nitrogens with two attached hydrogens (primary N) is 1. The molecule has 2 rings (SSSR count). The summed E-state index contributed by atoms with van der Waals surface area (Å²) in [6, 6.07) is 4.69. The van der Waals surface area contributed by atoms with Crippen molar-refractivity contribution in [3.63, 3.8) is 0 Å². The minimum Gasteiger partial charge on any atom is -0.275 e. The molecule has 3 N–H and O–H groups in total. The average molecular weight is 299 g/mol. The second-order valence-electron chi connectivity index (χ2n) is 3.69. The van der Waals surface area contributed by atoms with Crippen molar-refractivity contribution in [1.29, 1.82) is 0 Å². The highest BCUT2D eigenvalue weighted by atomic mass is 79.9. The Balaban J connectivity index is 2.45. The highest BCUT2D eigenvalue weighted by molar-refractivity contribution is 9.10. The topological polar surface area (TPSA) is 55.9 Å². The summed E-state index contributed by atoms with van der Waals surface area (Å²) in [6.45, 7) is 0. The summed E-state index contributed by atoms with van der Waals surface area (Å²) < 4.78 is 16.0. The van der Waals surface area contributed by atoms with Crippen molar-refractivity contribution >= 4 is 15.9 Å². The Morgan fingerprint density at radius 1 is 1.53 bits per heavy atom. The van der Waals surface area contributed by atoms with Crippen molar-refractivity contribution in [1.82, 2.24) is 15.2 Å². The Morgan fingerprint density at radius 3 is 2.88 bits per heavy atom. The number of nitrogens with one attached hydrogen (secondary N) is 1. The van der Waals surface area contributed by atoms with E-state index in [-0.39, 0.29) is 5.82 Å². The third-order valence-electron chi connectivity index (χ3n) is 2.52. The number of hydrogen-bond donors (Lipinski definition) is 2. The van der Waals surface area contributed by atoms with Gasteiger partial charge in [-0.25, -0.2) is 9.82 Å². The lowest BCUT2D eigenvalue weighted by Crippen LogP contribution is -2.29. The van der Waals surface area contributed by atoms with Crippen LogP contribution in [0.1, 0.15) is 17.2 Å². The van der Waals surface area contributed by atoms with Crippen molar-refractivity contribution in [3.05, 3.63) is 52.0 Å². The van der Waals surface area contributed by atoms with Crippen molar-refractivity contribution in [3.8, 4) is 0 Å². The van der Waals surface area contributed by atoms with E-state index in [9.17, 15) is 4.39 Å². The number of aryl methyl sites for hydroxylation is 1. The molecule has 0 saturated carbocycles. The van der Waals surface area contributed by atoms with Gasteiger partial charge in [-0.3, -0.25) is 10.5 Å². The Labute approximate surface area is 107 Å². The number of hydrazine groups is 1. The molecular formula is C11H12BrFN4. The van der Waals surface area contributed by atoms with Crippen molar-refractivity contribution in [2.45, 2.75) is 6.04 Å². The molecule has 6 heteroatoms. The molecule has 1 heterocycles. The Bertz CT molecular complexity index is 526. The molecule has 17 heavy (non-hydrogen) atoms. The number of benzene rings is 1. The fourth-order valence-corrected chi connectivity index (χ4v) is 2.08. The lowest BCUT2D eigenvalue weighted by Gasteiger charge is -2.15. The molecule has 0 amide bonds. The van der Waals surface area contributed by atoms with E-state index in [2.05, 4.69) is 26.5 Å². The highest BCUT2D eigenvalue weighted by Crippen LogP contribution is 2.27. The van der Waals surface area contributed by atoms with E-state index < -0.39 is 6.04 Å². The number of halogens is 2. The average Bonchev–Trinajstić information content (AvgIpc) is 2.72. The van der Waals surface area contributed by atoms with Gasteiger partial charge in [0.1, 0.15) is 5.82 Å². The van der Waals surface area contributed by atoms with Gasteiger partial charge in [0, 0.05) is 24.4 Å². The standard InChI is InChI=1S/C11H12BrFN4/c1-17-6-7(5-15-17)11(16-14)8-3-2-4-9(12)10(8)13/h2-6,11,16H,14H2,1H3. The van der Waals surface area contributed by atoms with Crippen LogP contribution < -0.4 is 11.3 Å². The van der Waals surface area contributed by atoms with Gasteiger partial charge in [0.25, 0.3) is 0 Å². The van der Waals surface area contributed by atoms with Crippen LogP contribution in [0, 0.1) is 5.82 Å². The number of nitrogens with zero attached hydrogens (tertiary/aromatic N) is 2. The molecule has 0 aliphatic carbocycles. The summed E-state index contributed by atoms with van der Waals surface area (Å²) in [4.78, 5) is 0. The fourth-order valence-electron chi connectivity index (χ4n) is 1.70. The van der Waals surface area contributed by atoms with Crippen LogP contribution in [0.2, 0.25) is 0 Å². The van der Waals surface area contributed by atoms with Gasteiger partial charge in [-0.15, -0.1) is 0 Å². The van der Waals surface area contributed by atoms with Crippen LogP contribution >= 0.6 is 15.9 Å². The Morgan fingerprint density at radius 2 is 2.29 bits per heavy atom. The van der Waals surface area contributed by atoms with Gasteiger partial charge in [0.2, 0.25) is 0 Å². The molecule has 0 aliphatic rings. The largest absolute Gasteiger partial charge is 0.275 e. The van der Waals surface area contributed by atoms with E-state index in [1.807, 2.05) is 0 Å². The molecule has 0 saturated heterocycles. The van der Waals surface area contributed by atoms with Crippen molar-refractivity contribution in [2.24, 2.45) is 12.9 Å². The molecule has 1 aromatic heterocycles. The maximum Gasteiger partial charge on any atom is 0.142 e. The summed E-state index contributed by atoms with van der Waals surface area (Å²) in [7, 11) is 1.80. The minimum atomic E-state index is -0.416. The predicted octanol–water partition coefficient (Wildman–Crippen LogP) is 1.87. The molecule has 0 spiro atoms. The Hall–Kier alpha value is -1.24. The lowest BCUT2D eigenvalue weighted by atomic mass is 10.0. The predicted molar refractivity (Wildman–Crippen MR) is 66.5 cm³/mol. The Kier molecular flexibility index (Phi) is 3.56. The first kappa shape index (κ1) is 12.2. The zero-order valence-electron chi connectivity index (χ0n) is 9.19. The van der Waals surface area contributed by atoms with Gasteiger partial charge in [-0.1, -0.05) is 12.1 Å². The van der Waals surface area contributed by atoms with Gasteiger partial charge in [-0.05, 0) is 22.0 Å². The molecular weight excluding hydrogens is 287 g/mol. The van der Waals surface area contributed by atoms with Crippen LogP contribution in [0.25, 0.3) is 0 Å². The zero-order chi connectivity index (χ0) is 12.4. The van der Waals surface area contributed by atoms with Crippen LogP contribution in [0.5, 0.6) is 0 Å². The summed E-state index contributed by atoms with van der Waals surface area (Å²) in [6.07, 6.45) is 3.45. The van der Waals surface area contributed by atoms with Crippen molar-refractivity contribution < 1.29 is 4.39 Å². The van der Waals surface area contributed by atoms with E-state index in [1.54, 1.807) is 42.3 Å². The van der Waals surface area contributed by atoms with Gasteiger partial charge >= 0.3 is 0 Å². The number of rotatable bonds is 3. The van der Waals surface area contributed by atoms with E-state index in [0.29, 0.717) is 10.0 Å². The summed E-state index contributed by atoms with van der Waals surface area (Å²) >= 11 is 3.16. The summed E-state index contributed by atoms with van der Waals surface area (Å²) in [5.74, 6) is 5.18. The third-order valence-corrected chi connectivity index (χ3v) is 3.13. The van der Waals surface area contributed by atoms with E-state index in [0.717, 1.165) is 5.56 Å². The maximum absolute atomic E-state index is 14.0. The second kappa shape index (κ2) is 4.95. The molecule has 1 atom stereocenters. The van der Waals surface area contributed by atoms with E-state index in [4.69, 9.17) is 5.84 Å². The quantitative estimate of drug-likeness (QED) is 0.672. The minimum absolute atomic E-state index is 0.320. The molecule has 1 unspecified atom stereocenters. The van der Waals surface area contributed by atoms with Gasteiger partial charge in [0.05, 0.1) is 16.7 Å². The van der Waals surface area contributed by atoms with Crippen LogP contribution in [-0.2, 0) is 7.05 Å². The first-order valence-electron chi connectivity index (χ1n) is 5.02. The highest BCUT2D eigenvalue weighted by Gasteiger charge is 2.19. The molecule has 0 bridgehead atoms. The van der Waals surface area contributed by atoms with Gasteiger partial charge < -0.3 is 0 Å². The number of aromatic nitrogens is 2. The molecule has 0 aliphatic heterocycles. The van der Waals surface area contributed by atoms with Crippen LogP contribution in [0.4, 0.5) is 4.39 Å². The molecule has 1 aromatic carbocycles. The SMILES string of the molecule is Cn1cc(C(NN)c2cccc(Br)c2F)cn1. The molecule has 2 aromatic rings.